The molecule has 31 heavy (non-hydrogen) atoms. The minimum Gasteiger partial charge on any atom is -0.318 e. The SMILES string of the molecule is Cc1cc(-n2c(C)cc(/C=C3\SC(=O)N(Cc4ccc(Br)cc4)C3=O)c2C)ccc1I. The molecule has 158 valence electrons. The molecule has 1 aliphatic heterocycles. The summed E-state index contributed by atoms with van der Waals surface area (Å²) in [6.45, 7) is 6.47. The van der Waals surface area contributed by atoms with Gasteiger partial charge in [-0.15, -0.1) is 0 Å². The van der Waals surface area contributed by atoms with Crippen molar-refractivity contribution in [3.8, 4) is 5.69 Å². The Balaban J connectivity index is 1.63. The van der Waals surface area contributed by atoms with E-state index in [0.717, 1.165) is 44.4 Å². The number of thioether (sulfide) groups is 1. The van der Waals surface area contributed by atoms with E-state index >= 15 is 0 Å². The zero-order chi connectivity index (χ0) is 22.3. The van der Waals surface area contributed by atoms with Gasteiger partial charge in [-0.3, -0.25) is 14.5 Å². The van der Waals surface area contributed by atoms with Crippen LogP contribution in [-0.4, -0.2) is 20.6 Å². The minimum absolute atomic E-state index is 0.235. The molecule has 1 aromatic heterocycles. The number of aryl methyl sites for hydroxylation is 2. The predicted octanol–water partition coefficient (Wildman–Crippen LogP) is 7.01. The summed E-state index contributed by atoms with van der Waals surface area (Å²) in [6, 6.07) is 16.1. The summed E-state index contributed by atoms with van der Waals surface area (Å²) in [6.07, 6.45) is 1.84. The quantitative estimate of drug-likeness (QED) is 0.237. The number of carbonyl (C=O) groups excluding carboxylic acids is 2. The van der Waals surface area contributed by atoms with Crippen LogP contribution in [0, 0.1) is 24.3 Å². The van der Waals surface area contributed by atoms with E-state index in [4.69, 9.17) is 0 Å². The van der Waals surface area contributed by atoms with Gasteiger partial charge in [0, 0.05) is 25.1 Å². The van der Waals surface area contributed by atoms with Gasteiger partial charge in [0.15, 0.2) is 0 Å². The minimum atomic E-state index is -0.243. The Morgan fingerprint density at radius 3 is 2.42 bits per heavy atom. The van der Waals surface area contributed by atoms with Crippen LogP contribution >= 0.6 is 50.3 Å². The van der Waals surface area contributed by atoms with E-state index in [9.17, 15) is 9.59 Å². The van der Waals surface area contributed by atoms with E-state index in [1.165, 1.54) is 14.0 Å². The second kappa shape index (κ2) is 8.96. The van der Waals surface area contributed by atoms with Gasteiger partial charge in [0.05, 0.1) is 11.4 Å². The molecular formula is C24H20BrIN2O2S. The van der Waals surface area contributed by atoms with Gasteiger partial charge in [-0.2, -0.15) is 0 Å². The van der Waals surface area contributed by atoms with Gasteiger partial charge in [-0.1, -0.05) is 28.1 Å². The maximum atomic E-state index is 12.9. The molecule has 0 saturated carbocycles. The van der Waals surface area contributed by atoms with E-state index in [1.54, 1.807) is 0 Å². The van der Waals surface area contributed by atoms with Crippen molar-refractivity contribution >= 4 is 67.5 Å². The van der Waals surface area contributed by atoms with E-state index in [-0.39, 0.29) is 17.7 Å². The molecular weight excluding hydrogens is 587 g/mol. The van der Waals surface area contributed by atoms with E-state index in [2.05, 4.69) is 81.2 Å². The molecule has 2 heterocycles. The van der Waals surface area contributed by atoms with Crippen LogP contribution in [0.4, 0.5) is 4.79 Å². The average molecular weight is 607 g/mol. The zero-order valence-electron chi connectivity index (χ0n) is 17.3. The van der Waals surface area contributed by atoms with Crippen molar-refractivity contribution in [3.63, 3.8) is 0 Å². The summed E-state index contributed by atoms with van der Waals surface area (Å²) in [4.78, 5) is 27.2. The molecule has 0 spiro atoms. The molecule has 4 nitrogen and oxygen atoms in total. The second-order valence-corrected chi connectivity index (χ2v) is 10.6. The van der Waals surface area contributed by atoms with Gasteiger partial charge in [-0.05, 0) is 114 Å². The third kappa shape index (κ3) is 4.54. The van der Waals surface area contributed by atoms with Gasteiger partial charge in [-0.25, -0.2) is 0 Å². The summed E-state index contributed by atoms with van der Waals surface area (Å²) in [5, 5.41) is -0.235. The molecule has 0 N–H and O–H groups in total. The highest BCUT2D eigenvalue weighted by molar-refractivity contribution is 14.1. The highest BCUT2D eigenvalue weighted by Gasteiger charge is 2.35. The molecule has 0 atom stereocenters. The lowest BCUT2D eigenvalue weighted by Crippen LogP contribution is -2.27. The van der Waals surface area contributed by atoms with Crippen molar-refractivity contribution in [1.82, 2.24) is 9.47 Å². The normalized spacial score (nSPS) is 15.4. The monoisotopic (exact) mass is 606 g/mol. The largest absolute Gasteiger partial charge is 0.318 e. The first-order valence-corrected chi connectivity index (χ1v) is 12.4. The van der Waals surface area contributed by atoms with Gasteiger partial charge in [0.2, 0.25) is 0 Å². The second-order valence-electron chi connectivity index (χ2n) is 7.49. The summed E-state index contributed by atoms with van der Waals surface area (Å²) < 4.78 is 4.37. The maximum absolute atomic E-state index is 12.9. The molecule has 1 aliphatic rings. The molecule has 0 unspecified atom stereocenters. The van der Waals surface area contributed by atoms with Crippen LogP contribution in [0.3, 0.4) is 0 Å². The van der Waals surface area contributed by atoms with Gasteiger partial charge in [0.1, 0.15) is 0 Å². The molecule has 2 aromatic carbocycles. The van der Waals surface area contributed by atoms with Crippen LogP contribution in [-0.2, 0) is 11.3 Å². The number of carbonyl (C=O) groups is 2. The summed E-state index contributed by atoms with van der Waals surface area (Å²) in [5.74, 6) is -0.243. The molecule has 0 bridgehead atoms. The Morgan fingerprint density at radius 2 is 1.74 bits per heavy atom. The third-order valence-corrected chi connectivity index (χ3v) is 7.93. The molecule has 3 aromatic rings. The smallest absolute Gasteiger partial charge is 0.293 e. The van der Waals surface area contributed by atoms with Crippen LogP contribution < -0.4 is 0 Å². The van der Waals surface area contributed by atoms with Crippen molar-refractivity contribution in [2.75, 3.05) is 0 Å². The highest BCUT2D eigenvalue weighted by atomic mass is 127. The Morgan fingerprint density at radius 1 is 1.03 bits per heavy atom. The summed E-state index contributed by atoms with van der Waals surface area (Å²) in [5.41, 5.74) is 6.30. The Bertz CT molecular complexity index is 1230. The van der Waals surface area contributed by atoms with Gasteiger partial charge in [0.25, 0.3) is 11.1 Å². The first-order valence-electron chi connectivity index (χ1n) is 9.70. The van der Waals surface area contributed by atoms with E-state index < -0.39 is 0 Å². The number of benzene rings is 2. The van der Waals surface area contributed by atoms with Crippen molar-refractivity contribution in [2.24, 2.45) is 0 Å². The van der Waals surface area contributed by atoms with E-state index in [1.807, 2.05) is 37.3 Å². The lowest BCUT2D eigenvalue weighted by Gasteiger charge is -2.12. The molecule has 7 heteroatoms. The van der Waals surface area contributed by atoms with Crippen molar-refractivity contribution in [1.29, 1.82) is 0 Å². The third-order valence-electron chi connectivity index (χ3n) is 5.28. The first-order chi connectivity index (χ1) is 14.7. The number of rotatable bonds is 4. The maximum Gasteiger partial charge on any atom is 0.293 e. The number of nitrogens with zero attached hydrogens (tertiary/aromatic N) is 2. The lowest BCUT2D eigenvalue weighted by molar-refractivity contribution is -0.123. The molecule has 0 radical (unpaired) electrons. The van der Waals surface area contributed by atoms with Crippen LogP contribution in [0.25, 0.3) is 11.8 Å². The standard InChI is InChI=1S/C24H20BrIN2O2S/c1-14-10-20(8-9-21(14)26)28-15(2)11-18(16(28)3)12-22-23(29)27(24(30)31-22)13-17-4-6-19(25)7-5-17/h4-12H,13H2,1-3H3/b22-12-. The molecule has 0 aliphatic carbocycles. The number of imide groups is 1. The lowest BCUT2D eigenvalue weighted by atomic mass is 10.2. The number of halogens is 2. The number of aromatic nitrogens is 1. The molecule has 1 fully saturated rings. The van der Waals surface area contributed by atoms with Crippen molar-refractivity contribution in [2.45, 2.75) is 27.3 Å². The molecule has 4 rings (SSSR count). The number of amides is 2. The van der Waals surface area contributed by atoms with Crippen LogP contribution in [0.2, 0.25) is 0 Å². The first kappa shape index (κ1) is 22.4. The average Bonchev–Trinajstić information content (AvgIpc) is 3.15. The predicted molar refractivity (Wildman–Crippen MR) is 138 cm³/mol. The van der Waals surface area contributed by atoms with Crippen molar-refractivity contribution < 1.29 is 9.59 Å². The van der Waals surface area contributed by atoms with Crippen LogP contribution in [0.15, 0.2) is 57.9 Å². The Hall–Kier alpha value is -1.84. The van der Waals surface area contributed by atoms with Gasteiger partial charge < -0.3 is 4.57 Å². The fourth-order valence-corrected chi connectivity index (χ4v) is 5.08. The van der Waals surface area contributed by atoms with Crippen molar-refractivity contribution in [3.05, 3.63) is 89.6 Å². The van der Waals surface area contributed by atoms with Crippen LogP contribution in [0.5, 0.6) is 0 Å². The zero-order valence-corrected chi connectivity index (χ0v) is 21.8. The molecule has 2 amide bonds. The highest BCUT2D eigenvalue weighted by Crippen LogP contribution is 2.35. The van der Waals surface area contributed by atoms with Gasteiger partial charge >= 0.3 is 0 Å². The Kier molecular flexibility index (Phi) is 6.46. The number of hydrogen-bond donors (Lipinski definition) is 0. The fourth-order valence-electron chi connectivity index (χ4n) is 3.65. The Labute approximate surface area is 208 Å². The fraction of sp³-hybridized carbons (Fsp3) is 0.167. The topological polar surface area (TPSA) is 42.3 Å². The summed E-state index contributed by atoms with van der Waals surface area (Å²) in [7, 11) is 0. The van der Waals surface area contributed by atoms with E-state index in [0.29, 0.717) is 4.91 Å². The molecule has 1 saturated heterocycles. The summed E-state index contributed by atoms with van der Waals surface area (Å²) >= 11 is 6.74. The van der Waals surface area contributed by atoms with Crippen LogP contribution in [0.1, 0.15) is 28.1 Å². The number of hydrogen-bond acceptors (Lipinski definition) is 3.